The minimum atomic E-state index is -0.0673. The molecule has 2 amide bonds. The van der Waals surface area contributed by atoms with E-state index in [1.807, 2.05) is 0 Å². The van der Waals surface area contributed by atoms with Gasteiger partial charge in [-0.15, -0.1) is 0 Å². The van der Waals surface area contributed by atoms with Gasteiger partial charge in [0, 0.05) is 19.1 Å². The van der Waals surface area contributed by atoms with Gasteiger partial charge in [-0.25, -0.2) is 4.79 Å². The molecule has 1 rings (SSSR count). The summed E-state index contributed by atoms with van der Waals surface area (Å²) in [6.07, 6.45) is 7.33. The molecule has 0 radical (unpaired) electrons. The highest BCUT2D eigenvalue weighted by atomic mass is 16.2. The molecule has 1 aliphatic carbocycles. The Morgan fingerprint density at radius 1 is 1.21 bits per heavy atom. The molecule has 14 heavy (non-hydrogen) atoms. The van der Waals surface area contributed by atoms with Crippen molar-refractivity contribution in [3.63, 3.8) is 0 Å². The van der Waals surface area contributed by atoms with Crippen LogP contribution < -0.4 is 16.4 Å². The van der Waals surface area contributed by atoms with Gasteiger partial charge in [0.2, 0.25) is 0 Å². The van der Waals surface area contributed by atoms with E-state index < -0.39 is 0 Å². The molecule has 0 aromatic rings. The van der Waals surface area contributed by atoms with Crippen molar-refractivity contribution in [3.8, 4) is 0 Å². The van der Waals surface area contributed by atoms with Gasteiger partial charge in [0.15, 0.2) is 0 Å². The van der Waals surface area contributed by atoms with Gasteiger partial charge in [-0.2, -0.15) is 0 Å². The number of carbonyl (C=O) groups is 1. The normalized spacial score (nSPS) is 18.6. The maximum absolute atomic E-state index is 11.3. The van der Waals surface area contributed by atoms with Crippen molar-refractivity contribution in [2.45, 2.75) is 44.6 Å². The molecule has 4 N–H and O–H groups in total. The van der Waals surface area contributed by atoms with Gasteiger partial charge in [0.1, 0.15) is 0 Å². The Morgan fingerprint density at radius 3 is 2.43 bits per heavy atom. The van der Waals surface area contributed by atoms with E-state index in [1.165, 1.54) is 25.7 Å². The van der Waals surface area contributed by atoms with E-state index in [0.29, 0.717) is 19.1 Å². The summed E-state index contributed by atoms with van der Waals surface area (Å²) in [5.74, 6) is 0. The first kappa shape index (κ1) is 11.3. The Bertz CT molecular complexity index is 165. The van der Waals surface area contributed by atoms with E-state index in [0.717, 1.165) is 12.8 Å². The highest BCUT2D eigenvalue weighted by molar-refractivity contribution is 5.74. The van der Waals surface area contributed by atoms with Gasteiger partial charge in [-0.1, -0.05) is 25.7 Å². The summed E-state index contributed by atoms with van der Waals surface area (Å²) in [5.41, 5.74) is 5.29. The fraction of sp³-hybridized carbons (Fsp3) is 0.900. The van der Waals surface area contributed by atoms with E-state index >= 15 is 0 Å². The van der Waals surface area contributed by atoms with E-state index in [2.05, 4.69) is 10.6 Å². The van der Waals surface area contributed by atoms with E-state index in [9.17, 15) is 4.79 Å². The molecular formula is C10H21N3O. The number of amides is 2. The Kier molecular flexibility index (Phi) is 5.37. The highest BCUT2D eigenvalue weighted by Gasteiger charge is 2.13. The predicted molar refractivity (Wildman–Crippen MR) is 57.1 cm³/mol. The van der Waals surface area contributed by atoms with E-state index in [-0.39, 0.29) is 6.03 Å². The van der Waals surface area contributed by atoms with Gasteiger partial charge >= 0.3 is 6.03 Å². The molecule has 0 saturated heterocycles. The van der Waals surface area contributed by atoms with Crippen LogP contribution >= 0.6 is 0 Å². The predicted octanol–water partition coefficient (Wildman–Crippen LogP) is 0.967. The molecule has 0 bridgehead atoms. The first-order valence-electron chi connectivity index (χ1n) is 5.57. The van der Waals surface area contributed by atoms with Gasteiger partial charge in [-0.05, 0) is 12.8 Å². The number of rotatable bonds is 3. The molecule has 0 heterocycles. The maximum atomic E-state index is 11.3. The zero-order valence-corrected chi connectivity index (χ0v) is 8.72. The Labute approximate surface area is 85.6 Å². The summed E-state index contributed by atoms with van der Waals surface area (Å²) in [5, 5.41) is 5.71. The summed E-state index contributed by atoms with van der Waals surface area (Å²) in [6, 6.07) is 0.303. The standard InChI is InChI=1S/C10H21N3O/c11-7-8-12-10(14)13-9-5-3-1-2-4-6-9/h9H,1-8,11H2,(H2,12,13,14). The van der Waals surface area contributed by atoms with Gasteiger partial charge < -0.3 is 16.4 Å². The Hall–Kier alpha value is -0.770. The third-order valence-electron chi connectivity index (χ3n) is 2.62. The monoisotopic (exact) mass is 199 g/mol. The molecule has 0 aliphatic heterocycles. The molecule has 0 atom stereocenters. The molecule has 0 aromatic heterocycles. The molecule has 4 nitrogen and oxygen atoms in total. The van der Waals surface area contributed by atoms with Gasteiger partial charge in [-0.3, -0.25) is 0 Å². The van der Waals surface area contributed by atoms with Gasteiger partial charge in [0.05, 0.1) is 0 Å². The molecule has 1 fully saturated rings. The zero-order valence-electron chi connectivity index (χ0n) is 8.72. The van der Waals surface area contributed by atoms with Crippen molar-refractivity contribution >= 4 is 6.03 Å². The molecule has 4 heteroatoms. The van der Waals surface area contributed by atoms with Crippen molar-refractivity contribution in [1.29, 1.82) is 0 Å². The molecular weight excluding hydrogens is 178 g/mol. The summed E-state index contributed by atoms with van der Waals surface area (Å²) in [4.78, 5) is 11.3. The first-order chi connectivity index (χ1) is 6.83. The highest BCUT2D eigenvalue weighted by Crippen LogP contribution is 2.16. The largest absolute Gasteiger partial charge is 0.337 e. The molecule has 0 spiro atoms. The Morgan fingerprint density at radius 2 is 1.86 bits per heavy atom. The lowest BCUT2D eigenvalue weighted by Crippen LogP contribution is -2.43. The number of nitrogens with one attached hydrogen (secondary N) is 2. The van der Waals surface area contributed by atoms with E-state index in [4.69, 9.17) is 5.73 Å². The van der Waals surface area contributed by atoms with Crippen LogP contribution in [0.25, 0.3) is 0 Å². The minimum absolute atomic E-state index is 0.0673. The number of hydrogen-bond donors (Lipinski definition) is 3. The van der Waals surface area contributed by atoms with Crippen LogP contribution in [0.5, 0.6) is 0 Å². The van der Waals surface area contributed by atoms with Gasteiger partial charge in [0.25, 0.3) is 0 Å². The quantitative estimate of drug-likeness (QED) is 0.593. The maximum Gasteiger partial charge on any atom is 0.315 e. The van der Waals surface area contributed by atoms with Crippen LogP contribution in [0.1, 0.15) is 38.5 Å². The SMILES string of the molecule is NCCNC(=O)NC1CCCCCC1. The number of carbonyl (C=O) groups excluding carboxylic acids is 1. The topological polar surface area (TPSA) is 67.1 Å². The van der Waals surface area contributed by atoms with Crippen LogP contribution in [0.3, 0.4) is 0 Å². The van der Waals surface area contributed by atoms with Crippen LogP contribution in [0.15, 0.2) is 0 Å². The summed E-state index contributed by atoms with van der Waals surface area (Å²) < 4.78 is 0. The summed E-state index contributed by atoms with van der Waals surface area (Å²) >= 11 is 0. The summed E-state index contributed by atoms with van der Waals surface area (Å²) in [7, 11) is 0. The molecule has 0 aromatic carbocycles. The lowest BCUT2D eigenvalue weighted by Gasteiger charge is -2.16. The zero-order chi connectivity index (χ0) is 10.2. The third kappa shape index (κ3) is 4.46. The van der Waals surface area contributed by atoms with Crippen molar-refractivity contribution in [1.82, 2.24) is 10.6 Å². The van der Waals surface area contributed by atoms with Crippen LogP contribution in [-0.4, -0.2) is 25.2 Å². The van der Waals surface area contributed by atoms with Crippen molar-refractivity contribution in [3.05, 3.63) is 0 Å². The number of nitrogens with two attached hydrogens (primary N) is 1. The minimum Gasteiger partial charge on any atom is -0.337 e. The van der Waals surface area contributed by atoms with Crippen molar-refractivity contribution in [2.75, 3.05) is 13.1 Å². The molecule has 1 aliphatic rings. The number of urea groups is 1. The lowest BCUT2D eigenvalue weighted by molar-refractivity contribution is 0.236. The third-order valence-corrected chi connectivity index (χ3v) is 2.62. The average Bonchev–Trinajstić information content (AvgIpc) is 2.43. The average molecular weight is 199 g/mol. The number of hydrogen-bond acceptors (Lipinski definition) is 2. The molecule has 1 saturated carbocycles. The molecule has 0 unspecified atom stereocenters. The first-order valence-corrected chi connectivity index (χ1v) is 5.57. The van der Waals surface area contributed by atoms with Crippen LogP contribution in [0, 0.1) is 0 Å². The Balaban J connectivity index is 2.17. The van der Waals surface area contributed by atoms with Crippen LogP contribution in [0.2, 0.25) is 0 Å². The second kappa shape index (κ2) is 6.65. The summed E-state index contributed by atoms with van der Waals surface area (Å²) in [6.45, 7) is 1.05. The fourth-order valence-electron chi connectivity index (χ4n) is 1.85. The fourth-order valence-corrected chi connectivity index (χ4v) is 1.85. The lowest BCUT2D eigenvalue weighted by atomic mass is 10.1. The smallest absolute Gasteiger partial charge is 0.315 e. The second-order valence-electron chi connectivity index (χ2n) is 3.88. The van der Waals surface area contributed by atoms with Crippen molar-refractivity contribution < 1.29 is 4.79 Å². The van der Waals surface area contributed by atoms with Crippen LogP contribution in [0.4, 0.5) is 4.79 Å². The second-order valence-corrected chi connectivity index (χ2v) is 3.88. The van der Waals surface area contributed by atoms with E-state index in [1.54, 1.807) is 0 Å². The van der Waals surface area contributed by atoms with Crippen LogP contribution in [-0.2, 0) is 0 Å². The van der Waals surface area contributed by atoms with Crippen molar-refractivity contribution in [2.24, 2.45) is 5.73 Å². The molecule has 82 valence electrons.